The molecule has 0 saturated carbocycles. The van der Waals surface area contributed by atoms with Crippen LogP contribution in [0.4, 0.5) is 0 Å². The van der Waals surface area contributed by atoms with Crippen LogP contribution >= 0.6 is 27.5 Å². The molecule has 1 heterocycles. The number of unbranched alkanes of at least 4 members (excludes halogenated alkanes) is 1. The standard InChI is InChI=1S/C7H10BrClN2/c1-2-3-4-5-10-6(8)7(9)11-5/h2-4H2,1H3,(H,10,11). The van der Waals surface area contributed by atoms with Crippen molar-refractivity contribution in [1.29, 1.82) is 0 Å². The summed E-state index contributed by atoms with van der Waals surface area (Å²) in [5, 5.41) is 0.594. The number of halogens is 2. The third-order valence-electron chi connectivity index (χ3n) is 1.44. The summed E-state index contributed by atoms with van der Waals surface area (Å²) >= 11 is 8.98. The minimum atomic E-state index is 0.594. The Hall–Kier alpha value is -0.0200. The number of hydrogen-bond donors (Lipinski definition) is 1. The number of aryl methyl sites for hydroxylation is 1. The highest BCUT2D eigenvalue weighted by atomic mass is 79.9. The van der Waals surface area contributed by atoms with E-state index in [-0.39, 0.29) is 0 Å². The van der Waals surface area contributed by atoms with Crippen molar-refractivity contribution in [3.05, 3.63) is 15.6 Å². The molecule has 0 amide bonds. The molecule has 0 unspecified atom stereocenters. The fourth-order valence-electron chi connectivity index (χ4n) is 0.836. The molecule has 11 heavy (non-hydrogen) atoms. The molecule has 4 heteroatoms. The molecule has 0 saturated heterocycles. The average molecular weight is 238 g/mol. The molecule has 2 nitrogen and oxygen atoms in total. The lowest BCUT2D eigenvalue weighted by molar-refractivity contribution is 0.762. The van der Waals surface area contributed by atoms with Crippen molar-refractivity contribution < 1.29 is 0 Å². The van der Waals surface area contributed by atoms with E-state index in [4.69, 9.17) is 11.6 Å². The molecular weight excluding hydrogens is 227 g/mol. The zero-order valence-corrected chi connectivity index (χ0v) is 8.67. The quantitative estimate of drug-likeness (QED) is 0.859. The summed E-state index contributed by atoms with van der Waals surface area (Å²) in [6, 6.07) is 0. The van der Waals surface area contributed by atoms with Gasteiger partial charge < -0.3 is 4.98 Å². The van der Waals surface area contributed by atoms with Crippen molar-refractivity contribution >= 4 is 27.5 Å². The summed E-state index contributed by atoms with van der Waals surface area (Å²) in [6.45, 7) is 2.15. The summed E-state index contributed by atoms with van der Waals surface area (Å²) in [5.74, 6) is 0.962. The molecule has 1 aromatic heterocycles. The maximum atomic E-state index is 5.74. The first-order chi connectivity index (χ1) is 5.24. The topological polar surface area (TPSA) is 28.7 Å². The number of nitrogens with one attached hydrogen (secondary N) is 1. The maximum absolute atomic E-state index is 5.74. The summed E-state index contributed by atoms with van der Waals surface area (Å²) in [7, 11) is 0. The van der Waals surface area contributed by atoms with Gasteiger partial charge in [0.05, 0.1) is 0 Å². The van der Waals surface area contributed by atoms with Gasteiger partial charge in [-0.15, -0.1) is 0 Å². The van der Waals surface area contributed by atoms with Gasteiger partial charge in [-0.25, -0.2) is 4.98 Å². The van der Waals surface area contributed by atoms with E-state index in [1.807, 2.05) is 0 Å². The number of imidazole rings is 1. The Morgan fingerprint density at radius 1 is 1.64 bits per heavy atom. The Labute approximate surface area is 79.5 Å². The molecule has 0 atom stereocenters. The number of nitrogens with zero attached hydrogens (tertiary/aromatic N) is 1. The summed E-state index contributed by atoms with van der Waals surface area (Å²) in [4.78, 5) is 7.16. The Balaban J connectivity index is 2.58. The van der Waals surface area contributed by atoms with Gasteiger partial charge in [-0.3, -0.25) is 0 Å². The van der Waals surface area contributed by atoms with Crippen molar-refractivity contribution in [2.75, 3.05) is 0 Å². The van der Waals surface area contributed by atoms with Crippen LogP contribution < -0.4 is 0 Å². The van der Waals surface area contributed by atoms with Gasteiger partial charge >= 0.3 is 0 Å². The highest BCUT2D eigenvalue weighted by Crippen LogP contribution is 2.19. The molecule has 0 aliphatic heterocycles. The first-order valence-corrected chi connectivity index (χ1v) is 4.81. The minimum Gasteiger partial charge on any atom is -0.332 e. The van der Waals surface area contributed by atoms with E-state index >= 15 is 0 Å². The highest BCUT2D eigenvalue weighted by molar-refractivity contribution is 9.10. The molecule has 1 N–H and O–H groups in total. The molecule has 0 aliphatic carbocycles. The average Bonchev–Trinajstić information content (AvgIpc) is 2.28. The molecule has 0 fully saturated rings. The van der Waals surface area contributed by atoms with Crippen molar-refractivity contribution in [1.82, 2.24) is 9.97 Å². The van der Waals surface area contributed by atoms with E-state index in [1.165, 1.54) is 6.42 Å². The molecule has 0 spiro atoms. The van der Waals surface area contributed by atoms with Crippen molar-refractivity contribution in [3.63, 3.8) is 0 Å². The molecule has 0 radical (unpaired) electrons. The predicted octanol–water partition coefficient (Wildman–Crippen LogP) is 3.17. The monoisotopic (exact) mass is 236 g/mol. The lowest BCUT2D eigenvalue weighted by atomic mass is 10.2. The van der Waals surface area contributed by atoms with E-state index in [0.29, 0.717) is 9.76 Å². The maximum Gasteiger partial charge on any atom is 0.143 e. The summed E-state index contributed by atoms with van der Waals surface area (Å²) in [6.07, 6.45) is 3.30. The second-order valence-electron chi connectivity index (χ2n) is 2.39. The fourth-order valence-corrected chi connectivity index (χ4v) is 1.30. The van der Waals surface area contributed by atoms with Crippen LogP contribution in [0.3, 0.4) is 0 Å². The predicted molar refractivity (Wildman–Crippen MR) is 49.9 cm³/mol. The van der Waals surface area contributed by atoms with Gasteiger partial charge in [-0.1, -0.05) is 24.9 Å². The second-order valence-corrected chi connectivity index (χ2v) is 3.52. The summed E-state index contributed by atoms with van der Waals surface area (Å²) in [5.41, 5.74) is 0. The Kier molecular flexibility index (Phi) is 3.40. The van der Waals surface area contributed by atoms with E-state index in [9.17, 15) is 0 Å². The van der Waals surface area contributed by atoms with E-state index < -0.39 is 0 Å². The SMILES string of the molecule is CCCCc1nc(Br)c(Cl)[nH]1. The lowest BCUT2D eigenvalue weighted by Crippen LogP contribution is -1.86. The summed E-state index contributed by atoms with van der Waals surface area (Å²) < 4.78 is 0.713. The van der Waals surface area contributed by atoms with Crippen LogP contribution in [-0.2, 0) is 6.42 Å². The van der Waals surface area contributed by atoms with Gasteiger partial charge in [-0.05, 0) is 22.4 Å². The zero-order valence-electron chi connectivity index (χ0n) is 6.32. The molecular formula is C7H10BrClN2. The first kappa shape index (κ1) is 9.07. The number of aromatic amines is 1. The van der Waals surface area contributed by atoms with Crippen LogP contribution in [0.2, 0.25) is 5.15 Å². The van der Waals surface area contributed by atoms with Crippen LogP contribution in [0.15, 0.2) is 4.60 Å². The van der Waals surface area contributed by atoms with Gasteiger partial charge in [0.15, 0.2) is 0 Å². The number of H-pyrrole nitrogens is 1. The van der Waals surface area contributed by atoms with E-state index in [2.05, 4.69) is 32.8 Å². The molecule has 0 bridgehead atoms. The fraction of sp³-hybridized carbons (Fsp3) is 0.571. The van der Waals surface area contributed by atoms with Gasteiger partial charge in [0.25, 0.3) is 0 Å². The first-order valence-electron chi connectivity index (χ1n) is 3.64. The minimum absolute atomic E-state index is 0.594. The van der Waals surface area contributed by atoms with Gasteiger partial charge in [0.2, 0.25) is 0 Å². The van der Waals surface area contributed by atoms with Crippen LogP contribution in [0.25, 0.3) is 0 Å². The van der Waals surface area contributed by atoms with Gasteiger partial charge in [0, 0.05) is 6.42 Å². The van der Waals surface area contributed by atoms with Crippen molar-refractivity contribution in [2.45, 2.75) is 26.2 Å². The molecule has 0 aromatic carbocycles. The third-order valence-corrected chi connectivity index (χ3v) is 2.51. The zero-order chi connectivity index (χ0) is 8.27. The largest absolute Gasteiger partial charge is 0.332 e. The van der Waals surface area contributed by atoms with Crippen molar-refractivity contribution in [2.24, 2.45) is 0 Å². The highest BCUT2D eigenvalue weighted by Gasteiger charge is 2.03. The Morgan fingerprint density at radius 3 is 2.82 bits per heavy atom. The lowest BCUT2D eigenvalue weighted by Gasteiger charge is -1.90. The molecule has 0 aliphatic rings. The van der Waals surface area contributed by atoms with E-state index in [1.54, 1.807) is 0 Å². The van der Waals surface area contributed by atoms with Crippen LogP contribution in [0, 0.1) is 0 Å². The second kappa shape index (κ2) is 4.12. The normalized spacial score (nSPS) is 10.5. The van der Waals surface area contributed by atoms with Gasteiger partial charge in [-0.2, -0.15) is 0 Å². The van der Waals surface area contributed by atoms with Gasteiger partial charge in [0.1, 0.15) is 15.6 Å². The molecule has 1 aromatic rings. The third kappa shape index (κ3) is 2.49. The number of rotatable bonds is 3. The molecule has 1 rings (SSSR count). The van der Waals surface area contributed by atoms with Crippen molar-refractivity contribution in [3.8, 4) is 0 Å². The smallest absolute Gasteiger partial charge is 0.143 e. The van der Waals surface area contributed by atoms with E-state index in [0.717, 1.165) is 18.7 Å². The number of aromatic nitrogens is 2. The van der Waals surface area contributed by atoms with Crippen LogP contribution in [-0.4, -0.2) is 9.97 Å². The Morgan fingerprint density at radius 2 is 2.36 bits per heavy atom. The number of hydrogen-bond acceptors (Lipinski definition) is 1. The van der Waals surface area contributed by atoms with Crippen LogP contribution in [0.1, 0.15) is 25.6 Å². The molecule has 62 valence electrons. The van der Waals surface area contributed by atoms with Crippen LogP contribution in [0.5, 0.6) is 0 Å². The Bertz CT molecular complexity index is 215.